The lowest BCUT2D eigenvalue weighted by Crippen LogP contribution is -2.33. The lowest BCUT2D eigenvalue weighted by molar-refractivity contribution is -0.125. The van der Waals surface area contributed by atoms with Gasteiger partial charge < -0.3 is 9.32 Å². The molecule has 1 aliphatic rings. The van der Waals surface area contributed by atoms with Crippen LogP contribution in [0.15, 0.2) is 40.1 Å². The Labute approximate surface area is 153 Å². The van der Waals surface area contributed by atoms with Gasteiger partial charge in [-0.15, -0.1) is 11.3 Å². The largest absolute Gasteiger partial charge is 0.451 e. The van der Waals surface area contributed by atoms with Gasteiger partial charge in [0.2, 0.25) is 5.91 Å². The van der Waals surface area contributed by atoms with Crippen molar-refractivity contribution in [2.75, 3.05) is 26.2 Å². The zero-order valence-corrected chi connectivity index (χ0v) is 15.8. The van der Waals surface area contributed by atoms with Crippen LogP contribution in [0.1, 0.15) is 17.1 Å². The van der Waals surface area contributed by atoms with Gasteiger partial charge in [-0.25, -0.2) is 0 Å². The highest BCUT2D eigenvalue weighted by atomic mass is 127. The second-order valence-electron chi connectivity index (χ2n) is 5.51. The van der Waals surface area contributed by atoms with E-state index in [-0.39, 0.29) is 5.91 Å². The molecule has 3 heterocycles. The van der Waals surface area contributed by atoms with E-state index in [1.807, 2.05) is 17.0 Å². The molecule has 0 aliphatic carbocycles. The Morgan fingerprint density at radius 2 is 2.17 bits per heavy atom. The number of hydrogen-bond donors (Lipinski definition) is 0. The van der Waals surface area contributed by atoms with Gasteiger partial charge in [-0.1, -0.05) is 6.07 Å². The normalized spacial score (nSPS) is 16.8. The fraction of sp³-hybridized carbons (Fsp3) is 0.353. The van der Waals surface area contributed by atoms with E-state index in [9.17, 15) is 4.79 Å². The third-order valence-corrected chi connectivity index (χ3v) is 5.28. The van der Waals surface area contributed by atoms with Gasteiger partial charge >= 0.3 is 0 Å². The fourth-order valence-corrected chi connectivity index (χ4v) is 3.83. The van der Waals surface area contributed by atoms with Crippen LogP contribution in [0.4, 0.5) is 0 Å². The Balaban J connectivity index is 1.52. The number of halogens is 1. The van der Waals surface area contributed by atoms with E-state index >= 15 is 0 Å². The molecule has 1 aliphatic heterocycles. The minimum atomic E-state index is 0.0642. The second-order valence-corrected chi connectivity index (χ2v) is 7.61. The molecule has 0 saturated carbocycles. The summed E-state index contributed by atoms with van der Waals surface area (Å²) in [6, 6.07) is 8.02. The molecule has 23 heavy (non-hydrogen) atoms. The number of carbonyl (C=O) groups excluding carboxylic acids is 1. The summed E-state index contributed by atoms with van der Waals surface area (Å²) in [5, 5.41) is 2.11. The first-order chi connectivity index (χ1) is 11.2. The number of furan rings is 1. The van der Waals surface area contributed by atoms with Crippen LogP contribution < -0.4 is 0 Å². The van der Waals surface area contributed by atoms with Crippen LogP contribution in [0.25, 0.3) is 6.08 Å². The van der Waals surface area contributed by atoms with Crippen LogP contribution in [0.5, 0.6) is 0 Å². The smallest absolute Gasteiger partial charge is 0.246 e. The molecule has 0 atom stereocenters. The van der Waals surface area contributed by atoms with Crippen molar-refractivity contribution < 1.29 is 9.21 Å². The Bertz CT molecular complexity index is 666. The monoisotopic (exact) mass is 442 g/mol. The van der Waals surface area contributed by atoms with Crippen molar-refractivity contribution in [2.24, 2.45) is 0 Å². The van der Waals surface area contributed by atoms with Crippen LogP contribution in [0.3, 0.4) is 0 Å². The highest BCUT2D eigenvalue weighted by Gasteiger charge is 2.17. The summed E-state index contributed by atoms with van der Waals surface area (Å²) in [6.45, 7) is 4.56. The molecule has 4 nitrogen and oxygen atoms in total. The fourth-order valence-electron chi connectivity index (χ4n) is 2.65. The van der Waals surface area contributed by atoms with Crippen molar-refractivity contribution >= 4 is 45.9 Å². The standard InChI is InChI=1S/C17H19IN2O2S/c18-16-6-4-14(22-16)5-7-17(21)20-9-2-8-19(10-11-20)13-15-3-1-12-23-15/h1,3-7,12H,2,8-11,13H2/b7-5+. The molecule has 2 aromatic heterocycles. The Morgan fingerprint density at radius 3 is 2.91 bits per heavy atom. The van der Waals surface area contributed by atoms with Crippen molar-refractivity contribution in [3.63, 3.8) is 0 Å². The first-order valence-corrected chi connectivity index (χ1v) is 9.63. The summed E-state index contributed by atoms with van der Waals surface area (Å²) < 4.78 is 6.27. The molecule has 6 heteroatoms. The van der Waals surface area contributed by atoms with Crippen LogP contribution in [-0.4, -0.2) is 41.9 Å². The highest BCUT2D eigenvalue weighted by Crippen LogP contribution is 2.15. The Hall–Kier alpha value is -1.12. The minimum absolute atomic E-state index is 0.0642. The number of rotatable bonds is 4. The quantitative estimate of drug-likeness (QED) is 0.536. The highest BCUT2D eigenvalue weighted by molar-refractivity contribution is 14.1. The summed E-state index contributed by atoms with van der Waals surface area (Å²) in [5.41, 5.74) is 0. The first-order valence-electron chi connectivity index (χ1n) is 7.68. The molecule has 122 valence electrons. The minimum Gasteiger partial charge on any atom is -0.451 e. The molecule has 1 fully saturated rings. The second kappa shape index (κ2) is 8.12. The summed E-state index contributed by atoms with van der Waals surface area (Å²) >= 11 is 3.91. The zero-order valence-electron chi connectivity index (χ0n) is 12.8. The molecule has 0 spiro atoms. The van der Waals surface area contributed by atoms with E-state index in [0.29, 0.717) is 0 Å². The van der Waals surface area contributed by atoms with Crippen LogP contribution in [-0.2, 0) is 11.3 Å². The summed E-state index contributed by atoms with van der Waals surface area (Å²) in [4.78, 5) is 18.1. The van der Waals surface area contributed by atoms with Crippen molar-refractivity contribution in [1.29, 1.82) is 0 Å². The predicted octanol–water partition coefficient (Wildman–Crippen LogP) is 3.69. The van der Waals surface area contributed by atoms with Gasteiger partial charge in [-0.05, 0) is 58.7 Å². The molecule has 1 amide bonds. The van der Waals surface area contributed by atoms with E-state index in [1.165, 1.54) is 4.88 Å². The molecule has 0 unspecified atom stereocenters. The number of carbonyl (C=O) groups is 1. The van der Waals surface area contributed by atoms with Crippen molar-refractivity contribution in [2.45, 2.75) is 13.0 Å². The average Bonchev–Trinajstić information content (AvgIpc) is 3.13. The maximum atomic E-state index is 12.3. The van der Waals surface area contributed by atoms with Gasteiger partial charge in [-0.2, -0.15) is 0 Å². The molecular formula is C17H19IN2O2S. The molecule has 0 radical (unpaired) electrons. The van der Waals surface area contributed by atoms with Crippen molar-refractivity contribution in [3.05, 3.63) is 50.1 Å². The number of thiophene rings is 1. The van der Waals surface area contributed by atoms with Gasteiger partial charge in [0.25, 0.3) is 0 Å². The van der Waals surface area contributed by atoms with Crippen molar-refractivity contribution in [3.8, 4) is 0 Å². The van der Waals surface area contributed by atoms with E-state index in [0.717, 1.165) is 48.7 Å². The molecule has 3 rings (SSSR count). The van der Waals surface area contributed by atoms with Gasteiger partial charge in [0.05, 0.1) is 0 Å². The van der Waals surface area contributed by atoms with Gasteiger partial charge in [0, 0.05) is 43.7 Å². The molecule has 0 bridgehead atoms. The zero-order chi connectivity index (χ0) is 16.1. The molecule has 1 saturated heterocycles. The summed E-state index contributed by atoms with van der Waals surface area (Å²) in [6.07, 6.45) is 4.38. The van der Waals surface area contributed by atoms with E-state index in [1.54, 1.807) is 23.5 Å². The van der Waals surface area contributed by atoms with Crippen LogP contribution >= 0.6 is 33.9 Å². The van der Waals surface area contributed by atoms with E-state index in [4.69, 9.17) is 4.42 Å². The average molecular weight is 442 g/mol. The first kappa shape index (κ1) is 16.7. The lowest BCUT2D eigenvalue weighted by Gasteiger charge is -2.20. The third kappa shape index (κ3) is 4.92. The van der Waals surface area contributed by atoms with Gasteiger partial charge in [0.1, 0.15) is 5.76 Å². The molecule has 0 aromatic carbocycles. The maximum Gasteiger partial charge on any atom is 0.246 e. The maximum absolute atomic E-state index is 12.3. The third-order valence-electron chi connectivity index (χ3n) is 3.84. The van der Waals surface area contributed by atoms with Crippen LogP contribution in [0, 0.1) is 3.77 Å². The SMILES string of the molecule is O=C(/C=C/c1ccc(I)o1)N1CCCN(Cc2cccs2)CC1. The van der Waals surface area contributed by atoms with Crippen molar-refractivity contribution in [1.82, 2.24) is 9.80 Å². The summed E-state index contributed by atoms with van der Waals surface area (Å²) in [7, 11) is 0. The van der Waals surface area contributed by atoms with Gasteiger partial charge in [-0.3, -0.25) is 9.69 Å². The Morgan fingerprint density at radius 1 is 1.26 bits per heavy atom. The van der Waals surface area contributed by atoms with Gasteiger partial charge in [0.15, 0.2) is 3.77 Å². The molecular weight excluding hydrogens is 423 g/mol. The topological polar surface area (TPSA) is 36.7 Å². The molecule has 2 aromatic rings. The number of nitrogens with zero attached hydrogens (tertiary/aromatic N) is 2. The molecule has 0 N–H and O–H groups in total. The lowest BCUT2D eigenvalue weighted by atomic mass is 10.3. The predicted molar refractivity (Wildman–Crippen MR) is 101 cm³/mol. The Kier molecular flexibility index (Phi) is 5.91. The van der Waals surface area contributed by atoms with E-state index in [2.05, 4.69) is 45.0 Å². The number of amides is 1. The summed E-state index contributed by atoms with van der Waals surface area (Å²) in [5.74, 6) is 0.784. The van der Waals surface area contributed by atoms with E-state index < -0.39 is 0 Å². The van der Waals surface area contributed by atoms with Crippen LogP contribution in [0.2, 0.25) is 0 Å². The number of hydrogen-bond acceptors (Lipinski definition) is 4.